The Labute approximate surface area is 106 Å². The van der Waals surface area contributed by atoms with Gasteiger partial charge in [0.2, 0.25) is 0 Å². The smallest absolute Gasteiger partial charge is 0.173 e. The second kappa shape index (κ2) is 5.18. The summed E-state index contributed by atoms with van der Waals surface area (Å²) in [5, 5.41) is 9.71. The lowest BCUT2D eigenvalue weighted by atomic mass is 10.1. The number of hydrogen-bond acceptors (Lipinski definition) is 3. The second-order valence-electron chi connectivity index (χ2n) is 3.16. The van der Waals surface area contributed by atoms with Crippen LogP contribution in [0.25, 0.3) is 0 Å². The summed E-state index contributed by atoms with van der Waals surface area (Å²) in [6.07, 6.45) is 0.818. The van der Waals surface area contributed by atoms with Crippen molar-refractivity contribution in [2.24, 2.45) is 5.73 Å². The third-order valence-corrected chi connectivity index (χ3v) is 4.39. The molecule has 84 valence electrons. The molecule has 0 fully saturated rings. The first-order chi connectivity index (χ1) is 7.02. The van der Waals surface area contributed by atoms with E-state index in [2.05, 4.69) is 31.9 Å². The van der Waals surface area contributed by atoms with Gasteiger partial charge in [-0.15, -0.1) is 0 Å². The Morgan fingerprint density at radius 2 is 2.07 bits per heavy atom. The van der Waals surface area contributed by atoms with Crippen LogP contribution in [0.3, 0.4) is 0 Å². The predicted molar refractivity (Wildman–Crippen MR) is 67.3 cm³/mol. The van der Waals surface area contributed by atoms with Crippen LogP contribution in [0.15, 0.2) is 15.0 Å². The molecule has 1 aromatic carbocycles. The monoisotopic (exact) mass is 337 g/mol. The molecule has 1 rings (SSSR count). The molecule has 0 aliphatic heterocycles. The highest BCUT2D eigenvalue weighted by Gasteiger charge is 2.17. The first-order valence-corrected chi connectivity index (χ1v) is 6.11. The highest BCUT2D eigenvalue weighted by molar-refractivity contribution is 9.13. The lowest BCUT2D eigenvalue weighted by molar-refractivity contribution is 0.370. The van der Waals surface area contributed by atoms with E-state index in [9.17, 15) is 5.11 Å². The van der Waals surface area contributed by atoms with Crippen LogP contribution < -0.4 is 10.5 Å². The summed E-state index contributed by atoms with van der Waals surface area (Å²) in [6.45, 7) is 2.00. The molecule has 3 N–H and O–H groups in total. The summed E-state index contributed by atoms with van der Waals surface area (Å²) >= 11 is 6.68. The molecule has 1 atom stereocenters. The molecule has 0 amide bonds. The fraction of sp³-hybridized carbons (Fsp3) is 0.400. The number of methoxy groups -OCH3 is 1. The van der Waals surface area contributed by atoms with E-state index in [1.165, 1.54) is 7.11 Å². The largest absolute Gasteiger partial charge is 0.503 e. The number of hydrogen-bond donors (Lipinski definition) is 2. The van der Waals surface area contributed by atoms with Gasteiger partial charge in [0.15, 0.2) is 11.5 Å². The number of nitrogens with two attached hydrogens (primary N) is 1. The van der Waals surface area contributed by atoms with E-state index in [1.54, 1.807) is 6.07 Å². The SMILES string of the molecule is CC[C@H](N)c1cc(OC)c(O)c(Br)c1Br. The van der Waals surface area contributed by atoms with Crippen molar-refractivity contribution in [3.05, 3.63) is 20.6 Å². The lowest BCUT2D eigenvalue weighted by Gasteiger charge is -2.16. The van der Waals surface area contributed by atoms with Crippen LogP contribution in [0, 0.1) is 0 Å². The maximum Gasteiger partial charge on any atom is 0.173 e. The Morgan fingerprint density at radius 3 is 2.53 bits per heavy atom. The van der Waals surface area contributed by atoms with Crippen molar-refractivity contribution in [2.75, 3.05) is 7.11 Å². The van der Waals surface area contributed by atoms with E-state index >= 15 is 0 Å². The Morgan fingerprint density at radius 1 is 1.47 bits per heavy atom. The molecule has 1 aromatic rings. The zero-order valence-corrected chi connectivity index (χ0v) is 11.7. The number of phenolic OH excluding ortho intramolecular Hbond substituents is 1. The number of benzene rings is 1. The van der Waals surface area contributed by atoms with E-state index in [-0.39, 0.29) is 11.8 Å². The molecule has 0 aliphatic carbocycles. The summed E-state index contributed by atoms with van der Waals surface area (Å²) in [5.41, 5.74) is 6.87. The molecule has 0 bridgehead atoms. The van der Waals surface area contributed by atoms with Crippen LogP contribution in [0.4, 0.5) is 0 Å². The van der Waals surface area contributed by atoms with Crippen molar-refractivity contribution in [1.82, 2.24) is 0 Å². The fourth-order valence-corrected chi connectivity index (χ4v) is 2.28. The van der Waals surface area contributed by atoms with Gasteiger partial charge in [0.25, 0.3) is 0 Å². The van der Waals surface area contributed by atoms with Gasteiger partial charge in [0.1, 0.15) is 0 Å². The Hall–Kier alpha value is -0.260. The average molecular weight is 339 g/mol. The van der Waals surface area contributed by atoms with Crippen molar-refractivity contribution >= 4 is 31.9 Å². The summed E-state index contributed by atoms with van der Waals surface area (Å²) in [6, 6.07) is 1.67. The normalized spacial score (nSPS) is 12.6. The number of rotatable bonds is 3. The van der Waals surface area contributed by atoms with Gasteiger partial charge in [0.05, 0.1) is 11.6 Å². The first kappa shape index (κ1) is 12.8. The van der Waals surface area contributed by atoms with Crippen LogP contribution in [0.2, 0.25) is 0 Å². The molecule has 0 aliphatic rings. The molecular weight excluding hydrogens is 326 g/mol. The van der Waals surface area contributed by atoms with Gasteiger partial charge >= 0.3 is 0 Å². The van der Waals surface area contributed by atoms with Gasteiger partial charge in [0, 0.05) is 10.5 Å². The number of phenols is 1. The van der Waals surface area contributed by atoms with Gasteiger partial charge in [-0.2, -0.15) is 0 Å². The van der Waals surface area contributed by atoms with Crippen LogP contribution in [0.5, 0.6) is 11.5 Å². The van der Waals surface area contributed by atoms with Crippen molar-refractivity contribution in [1.29, 1.82) is 0 Å². The molecule has 5 heteroatoms. The molecule has 0 heterocycles. The molecule has 15 heavy (non-hydrogen) atoms. The van der Waals surface area contributed by atoms with Gasteiger partial charge in [-0.1, -0.05) is 6.92 Å². The zero-order chi connectivity index (χ0) is 11.6. The van der Waals surface area contributed by atoms with Crippen molar-refractivity contribution in [2.45, 2.75) is 19.4 Å². The first-order valence-electron chi connectivity index (χ1n) is 4.53. The number of halogens is 2. The predicted octanol–water partition coefficient (Wildman–Crippen LogP) is 3.34. The fourth-order valence-electron chi connectivity index (χ4n) is 1.26. The molecule has 0 saturated heterocycles. The molecular formula is C10H13Br2NO2. The lowest BCUT2D eigenvalue weighted by Crippen LogP contribution is -2.09. The molecule has 0 saturated carbocycles. The summed E-state index contributed by atoms with van der Waals surface area (Å²) in [4.78, 5) is 0. The Kier molecular flexibility index (Phi) is 4.43. The quantitative estimate of drug-likeness (QED) is 0.888. The van der Waals surface area contributed by atoms with Crippen LogP contribution in [0.1, 0.15) is 24.9 Å². The summed E-state index contributed by atoms with van der Waals surface area (Å²) in [5.74, 6) is 0.500. The zero-order valence-electron chi connectivity index (χ0n) is 8.55. The number of aromatic hydroxyl groups is 1. The van der Waals surface area contributed by atoms with E-state index < -0.39 is 0 Å². The summed E-state index contributed by atoms with van der Waals surface area (Å²) in [7, 11) is 1.51. The minimum atomic E-state index is -0.0785. The molecule has 0 spiro atoms. The van der Waals surface area contributed by atoms with E-state index in [4.69, 9.17) is 10.5 Å². The summed E-state index contributed by atoms with van der Waals surface area (Å²) < 4.78 is 6.40. The maximum atomic E-state index is 9.71. The topological polar surface area (TPSA) is 55.5 Å². The average Bonchev–Trinajstić information content (AvgIpc) is 2.25. The highest BCUT2D eigenvalue weighted by Crippen LogP contribution is 2.43. The van der Waals surface area contributed by atoms with Gasteiger partial charge in [-0.05, 0) is 49.9 Å². The Bertz CT molecular complexity index is 369. The van der Waals surface area contributed by atoms with Gasteiger partial charge in [-0.3, -0.25) is 0 Å². The van der Waals surface area contributed by atoms with E-state index in [0.29, 0.717) is 10.2 Å². The second-order valence-corrected chi connectivity index (χ2v) is 4.75. The maximum absolute atomic E-state index is 9.71. The van der Waals surface area contributed by atoms with Crippen molar-refractivity contribution in [3.63, 3.8) is 0 Å². The van der Waals surface area contributed by atoms with Gasteiger partial charge < -0.3 is 15.6 Å². The van der Waals surface area contributed by atoms with Crippen molar-refractivity contribution < 1.29 is 9.84 Å². The van der Waals surface area contributed by atoms with Crippen molar-refractivity contribution in [3.8, 4) is 11.5 Å². The van der Waals surface area contributed by atoms with Gasteiger partial charge in [-0.25, -0.2) is 0 Å². The Balaban J connectivity index is 3.35. The van der Waals surface area contributed by atoms with Crippen LogP contribution in [-0.4, -0.2) is 12.2 Å². The van der Waals surface area contributed by atoms with E-state index in [1.807, 2.05) is 6.92 Å². The molecule has 0 radical (unpaired) electrons. The minimum Gasteiger partial charge on any atom is -0.503 e. The third kappa shape index (κ3) is 2.46. The minimum absolute atomic E-state index is 0.0785. The molecule has 0 unspecified atom stereocenters. The van der Waals surface area contributed by atoms with Crippen LogP contribution >= 0.6 is 31.9 Å². The third-order valence-electron chi connectivity index (χ3n) is 2.23. The molecule has 3 nitrogen and oxygen atoms in total. The standard InChI is InChI=1S/C10H13Br2NO2/c1-3-6(13)5-4-7(15-2)10(14)9(12)8(5)11/h4,6,14H,3,13H2,1-2H3/t6-/m0/s1. The molecule has 0 aromatic heterocycles. The van der Waals surface area contributed by atoms with E-state index in [0.717, 1.165) is 16.5 Å². The van der Waals surface area contributed by atoms with Crippen LogP contribution in [-0.2, 0) is 0 Å². The highest BCUT2D eigenvalue weighted by atomic mass is 79.9. The number of ether oxygens (including phenoxy) is 1.